The molecule has 0 saturated carbocycles. The Bertz CT molecular complexity index is 627. The number of aryl methyl sites for hydroxylation is 1. The van der Waals surface area contributed by atoms with Gasteiger partial charge in [0.15, 0.2) is 5.82 Å². The van der Waals surface area contributed by atoms with Crippen LogP contribution in [0, 0.1) is 6.92 Å². The lowest BCUT2D eigenvalue weighted by atomic mass is 10.1. The number of carbonyl (C=O) groups is 1. The number of hydrogen-bond acceptors (Lipinski definition) is 5. The van der Waals surface area contributed by atoms with Crippen molar-refractivity contribution in [2.75, 3.05) is 7.11 Å². The molecular weight excluding hydrogens is 282 g/mol. The Kier molecular flexibility index (Phi) is 4.24. The van der Waals surface area contributed by atoms with Gasteiger partial charge >= 0.3 is 0 Å². The highest BCUT2D eigenvalue weighted by atomic mass is 35.5. The van der Waals surface area contributed by atoms with Crippen LogP contribution in [0.4, 0.5) is 0 Å². The summed E-state index contributed by atoms with van der Waals surface area (Å²) < 4.78 is 10.0. The van der Waals surface area contributed by atoms with Crippen LogP contribution in [-0.2, 0) is 0 Å². The van der Waals surface area contributed by atoms with Crippen molar-refractivity contribution in [1.82, 2.24) is 15.5 Å². The van der Waals surface area contributed by atoms with E-state index >= 15 is 0 Å². The van der Waals surface area contributed by atoms with E-state index in [0.29, 0.717) is 28.1 Å². The molecule has 0 aliphatic carbocycles. The summed E-state index contributed by atoms with van der Waals surface area (Å²) in [6.07, 6.45) is 0. The lowest BCUT2D eigenvalue weighted by molar-refractivity contribution is 0.0935. The molecule has 0 radical (unpaired) electrons. The number of benzene rings is 1. The topological polar surface area (TPSA) is 77.2 Å². The molecule has 0 aliphatic rings. The van der Waals surface area contributed by atoms with Crippen molar-refractivity contribution < 1.29 is 14.1 Å². The van der Waals surface area contributed by atoms with Crippen LogP contribution in [0.25, 0.3) is 0 Å². The van der Waals surface area contributed by atoms with Crippen LogP contribution in [0.15, 0.2) is 22.7 Å². The maximum Gasteiger partial charge on any atom is 0.255 e. The summed E-state index contributed by atoms with van der Waals surface area (Å²) in [5, 5.41) is 6.99. The average molecular weight is 296 g/mol. The molecule has 106 valence electrons. The number of methoxy groups -OCH3 is 1. The molecule has 2 rings (SSSR count). The predicted octanol–water partition coefficient (Wildman–Crippen LogP) is 2.53. The van der Waals surface area contributed by atoms with E-state index in [0.717, 1.165) is 0 Å². The van der Waals surface area contributed by atoms with Crippen LogP contribution in [0.3, 0.4) is 0 Å². The number of amides is 1. The van der Waals surface area contributed by atoms with E-state index in [9.17, 15) is 4.79 Å². The first-order chi connectivity index (χ1) is 9.51. The maximum atomic E-state index is 12.2. The van der Waals surface area contributed by atoms with Crippen molar-refractivity contribution >= 4 is 17.5 Å². The van der Waals surface area contributed by atoms with E-state index < -0.39 is 0 Å². The molecule has 1 N–H and O–H groups in total. The molecule has 1 atom stereocenters. The molecule has 0 saturated heterocycles. The molecule has 0 spiro atoms. The molecule has 2 aromatic rings. The van der Waals surface area contributed by atoms with Gasteiger partial charge in [0.2, 0.25) is 5.89 Å². The maximum absolute atomic E-state index is 12.2. The predicted molar refractivity (Wildman–Crippen MR) is 72.9 cm³/mol. The summed E-state index contributed by atoms with van der Waals surface area (Å²) in [4.78, 5) is 16.3. The second kappa shape index (κ2) is 5.92. The van der Waals surface area contributed by atoms with Crippen molar-refractivity contribution in [1.29, 1.82) is 0 Å². The Morgan fingerprint density at radius 1 is 1.50 bits per heavy atom. The number of ether oxygens (including phenoxy) is 1. The standard InChI is InChI=1S/C13H14ClN3O3/c1-7(12-16-8(2)20-17-12)15-13(18)10-6-9(14)4-5-11(10)19-3/h4-7H,1-3H3,(H,15,18)/t7-/m0/s1. The second-order valence-electron chi connectivity index (χ2n) is 4.21. The van der Waals surface area contributed by atoms with E-state index in [1.807, 2.05) is 0 Å². The minimum atomic E-state index is -0.386. The van der Waals surface area contributed by atoms with Crippen molar-refractivity contribution in [3.8, 4) is 5.75 Å². The third kappa shape index (κ3) is 3.08. The first-order valence-corrected chi connectivity index (χ1v) is 6.33. The van der Waals surface area contributed by atoms with Crippen molar-refractivity contribution in [3.63, 3.8) is 0 Å². The second-order valence-corrected chi connectivity index (χ2v) is 4.65. The summed E-state index contributed by atoms with van der Waals surface area (Å²) >= 11 is 5.90. The zero-order chi connectivity index (χ0) is 14.7. The van der Waals surface area contributed by atoms with Crippen molar-refractivity contribution in [2.24, 2.45) is 0 Å². The Morgan fingerprint density at radius 2 is 2.25 bits per heavy atom. The lowest BCUT2D eigenvalue weighted by Gasteiger charge is -2.12. The third-order valence-corrected chi connectivity index (χ3v) is 2.92. The molecule has 6 nitrogen and oxygen atoms in total. The van der Waals surface area contributed by atoms with Gasteiger partial charge in [-0.25, -0.2) is 0 Å². The summed E-state index contributed by atoms with van der Waals surface area (Å²) in [6, 6.07) is 4.46. The van der Waals surface area contributed by atoms with E-state index in [1.165, 1.54) is 7.11 Å². The van der Waals surface area contributed by atoms with Gasteiger partial charge in [-0.3, -0.25) is 4.79 Å². The monoisotopic (exact) mass is 295 g/mol. The van der Waals surface area contributed by atoms with Gasteiger partial charge in [0.1, 0.15) is 5.75 Å². The number of aromatic nitrogens is 2. The minimum Gasteiger partial charge on any atom is -0.496 e. The molecule has 1 heterocycles. The normalized spacial score (nSPS) is 12.0. The fourth-order valence-electron chi connectivity index (χ4n) is 1.69. The summed E-state index contributed by atoms with van der Waals surface area (Å²) in [6.45, 7) is 3.45. The largest absolute Gasteiger partial charge is 0.496 e. The highest BCUT2D eigenvalue weighted by Gasteiger charge is 2.18. The fraction of sp³-hybridized carbons (Fsp3) is 0.308. The number of nitrogens with one attached hydrogen (secondary N) is 1. The lowest BCUT2D eigenvalue weighted by Crippen LogP contribution is -2.27. The van der Waals surface area contributed by atoms with Gasteiger partial charge in [-0.1, -0.05) is 16.8 Å². The Morgan fingerprint density at radius 3 is 2.85 bits per heavy atom. The highest BCUT2D eigenvalue weighted by molar-refractivity contribution is 6.31. The fourth-order valence-corrected chi connectivity index (χ4v) is 1.86. The summed E-state index contributed by atoms with van der Waals surface area (Å²) in [7, 11) is 1.49. The number of halogens is 1. The third-order valence-electron chi connectivity index (χ3n) is 2.68. The van der Waals surface area contributed by atoms with Gasteiger partial charge < -0.3 is 14.6 Å². The molecule has 0 aliphatic heterocycles. The molecule has 0 unspecified atom stereocenters. The van der Waals surface area contributed by atoms with E-state index in [2.05, 4.69) is 15.5 Å². The van der Waals surface area contributed by atoms with Crippen LogP contribution >= 0.6 is 11.6 Å². The molecule has 7 heteroatoms. The molecule has 1 aromatic heterocycles. The first-order valence-electron chi connectivity index (χ1n) is 5.96. The van der Waals surface area contributed by atoms with Gasteiger partial charge in [-0.05, 0) is 25.1 Å². The quantitative estimate of drug-likeness (QED) is 0.938. The zero-order valence-electron chi connectivity index (χ0n) is 11.3. The van der Waals surface area contributed by atoms with Gasteiger partial charge in [0.25, 0.3) is 5.91 Å². The molecule has 20 heavy (non-hydrogen) atoms. The van der Waals surface area contributed by atoms with E-state index in [-0.39, 0.29) is 11.9 Å². The van der Waals surface area contributed by atoms with Crippen molar-refractivity contribution in [2.45, 2.75) is 19.9 Å². The Labute approximate surface area is 121 Å². The van der Waals surface area contributed by atoms with Crippen LogP contribution in [0.1, 0.15) is 35.0 Å². The van der Waals surface area contributed by atoms with Crippen LogP contribution in [0.2, 0.25) is 5.02 Å². The van der Waals surface area contributed by atoms with E-state index in [4.69, 9.17) is 20.9 Å². The number of rotatable bonds is 4. The smallest absolute Gasteiger partial charge is 0.255 e. The highest BCUT2D eigenvalue weighted by Crippen LogP contribution is 2.23. The summed E-state index contributed by atoms with van der Waals surface area (Å²) in [5.74, 6) is 0.987. The minimum absolute atomic E-state index is 0.320. The van der Waals surface area contributed by atoms with Crippen molar-refractivity contribution in [3.05, 3.63) is 40.5 Å². The van der Waals surface area contributed by atoms with Crippen LogP contribution in [-0.4, -0.2) is 23.2 Å². The average Bonchev–Trinajstić information content (AvgIpc) is 2.85. The summed E-state index contributed by atoms with van der Waals surface area (Å²) in [5.41, 5.74) is 0.354. The Hall–Kier alpha value is -2.08. The molecule has 0 fully saturated rings. The van der Waals surface area contributed by atoms with Crippen LogP contribution in [0.5, 0.6) is 5.75 Å². The molecule has 0 bridgehead atoms. The Balaban J connectivity index is 2.18. The van der Waals surface area contributed by atoms with Crippen LogP contribution < -0.4 is 10.1 Å². The molecule has 1 aromatic carbocycles. The van der Waals surface area contributed by atoms with Gasteiger partial charge in [0, 0.05) is 11.9 Å². The van der Waals surface area contributed by atoms with E-state index in [1.54, 1.807) is 32.0 Å². The molecular formula is C13H14ClN3O3. The SMILES string of the molecule is COc1ccc(Cl)cc1C(=O)N[C@@H](C)c1noc(C)n1. The zero-order valence-corrected chi connectivity index (χ0v) is 12.1. The van der Waals surface area contributed by atoms with Gasteiger partial charge in [-0.2, -0.15) is 4.98 Å². The van der Waals surface area contributed by atoms with Gasteiger partial charge in [0.05, 0.1) is 18.7 Å². The van der Waals surface area contributed by atoms with Gasteiger partial charge in [-0.15, -0.1) is 0 Å². The number of carbonyl (C=O) groups excluding carboxylic acids is 1. The number of hydrogen-bond donors (Lipinski definition) is 1. The molecule has 1 amide bonds. The first kappa shape index (κ1) is 14.3. The number of nitrogens with zero attached hydrogens (tertiary/aromatic N) is 2.